The molecule has 1 aromatic rings. The van der Waals surface area contributed by atoms with Crippen molar-refractivity contribution >= 4 is 5.97 Å². The maximum Gasteiger partial charge on any atom is 0.306 e. The first-order valence-corrected chi connectivity index (χ1v) is 19.8. The molecule has 1 aromatic carbocycles. The number of carbonyl (C=O) groups is 1. The van der Waals surface area contributed by atoms with Gasteiger partial charge in [0.15, 0.2) is 0 Å². The van der Waals surface area contributed by atoms with Crippen molar-refractivity contribution in [1.82, 2.24) is 4.90 Å². The van der Waals surface area contributed by atoms with Gasteiger partial charge >= 0.3 is 5.97 Å². The number of benzene rings is 1. The number of esters is 1. The highest BCUT2D eigenvalue weighted by atomic mass is 16.6. The Hall–Kier alpha value is -1.75. The number of nitrogens with zero attached hydrogens (tertiary/aromatic N) is 1. The van der Waals surface area contributed by atoms with Crippen molar-refractivity contribution in [2.24, 2.45) is 5.92 Å². The van der Waals surface area contributed by atoms with Gasteiger partial charge in [0.25, 0.3) is 0 Å². The molecule has 2 unspecified atom stereocenters. The number of aryl methyl sites for hydroxylation is 1. The molecule has 1 rings (SSSR count). The number of rotatable bonds is 32. The summed E-state index contributed by atoms with van der Waals surface area (Å²) in [5.41, 5.74) is 1.28. The Kier molecular flexibility index (Phi) is 27.0. The van der Waals surface area contributed by atoms with E-state index in [0.717, 1.165) is 56.9 Å². The maximum atomic E-state index is 12.5. The second-order valence-corrected chi connectivity index (χ2v) is 13.5. The van der Waals surface area contributed by atoms with Crippen LogP contribution in [-0.4, -0.2) is 49.8 Å². The zero-order chi connectivity index (χ0) is 33.7. The van der Waals surface area contributed by atoms with Gasteiger partial charge in [-0.3, -0.25) is 4.79 Å². The van der Waals surface area contributed by atoms with Crippen LogP contribution in [0.15, 0.2) is 18.2 Å². The van der Waals surface area contributed by atoms with Crippen LogP contribution in [0.3, 0.4) is 0 Å². The van der Waals surface area contributed by atoms with Gasteiger partial charge < -0.3 is 19.1 Å². The van der Waals surface area contributed by atoms with Gasteiger partial charge in [0, 0.05) is 19.0 Å². The fourth-order valence-corrected chi connectivity index (χ4v) is 6.05. The number of ether oxygens (including phenoxy) is 3. The third-order valence-corrected chi connectivity index (χ3v) is 9.36. The zero-order valence-corrected chi connectivity index (χ0v) is 31.4. The van der Waals surface area contributed by atoms with E-state index in [1.807, 2.05) is 6.07 Å². The van der Waals surface area contributed by atoms with Crippen LogP contribution in [0.4, 0.5) is 0 Å². The molecule has 0 saturated carbocycles. The van der Waals surface area contributed by atoms with Crippen molar-refractivity contribution in [2.45, 2.75) is 182 Å². The second kappa shape index (κ2) is 29.4. The predicted octanol–water partition coefficient (Wildman–Crippen LogP) is 11.7. The van der Waals surface area contributed by atoms with Crippen molar-refractivity contribution in [3.05, 3.63) is 23.8 Å². The molecule has 2 atom stereocenters. The summed E-state index contributed by atoms with van der Waals surface area (Å²) in [6.07, 6.45) is 25.6. The van der Waals surface area contributed by atoms with Crippen LogP contribution in [0.2, 0.25) is 0 Å². The van der Waals surface area contributed by atoms with E-state index < -0.39 is 0 Å². The minimum absolute atomic E-state index is 0.125. The number of hydrogen-bond acceptors (Lipinski definition) is 5. The van der Waals surface area contributed by atoms with E-state index in [9.17, 15) is 4.79 Å². The first-order chi connectivity index (χ1) is 22.5. The van der Waals surface area contributed by atoms with Crippen LogP contribution in [0, 0.1) is 5.92 Å². The Balaban J connectivity index is 2.74. The Morgan fingerprint density at radius 2 is 1.15 bits per heavy atom. The van der Waals surface area contributed by atoms with Crippen LogP contribution in [0.5, 0.6) is 11.5 Å². The molecule has 0 fully saturated rings. The minimum Gasteiger partial charge on any atom is -0.493 e. The average molecular weight is 646 g/mol. The third-order valence-electron chi connectivity index (χ3n) is 9.36. The van der Waals surface area contributed by atoms with E-state index in [-0.39, 0.29) is 12.1 Å². The highest BCUT2D eigenvalue weighted by Crippen LogP contribution is 2.26. The molecule has 0 N–H and O–H groups in total. The Bertz CT molecular complexity index is 840. The summed E-state index contributed by atoms with van der Waals surface area (Å²) >= 11 is 0. The first kappa shape index (κ1) is 42.3. The molecular formula is C41H75NO4. The largest absolute Gasteiger partial charge is 0.493 e. The molecule has 0 radical (unpaired) electrons. The van der Waals surface area contributed by atoms with Gasteiger partial charge in [-0.1, -0.05) is 144 Å². The van der Waals surface area contributed by atoms with Crippen molar-refractivity contribution in [3.8, 4) is 11.5 Å². The quantitative estimate of drug-likeness (QED) is 0.0576. The highest BCUT2D eigenvalue weighted by molar-refractivity contribution is 5.69. The molecule has 0 aliphatic heterocycles. The number of unbranched alkanes of at least 4 members (excludes halogenated alkanes) is 14. The van der Waals surface area contributed by atoms with Gasteiger partial charge in [-0.2, -0.15) is 0 Å². The van der Waals surface area contributed by atoms with Crippen LogP contribution in [0.1, 0.15) is 176 Å². The highest BCUT2D eigenvalue weighted by Gasteiger charge is 2.19. The lowest BCUT2D eigenvalue weighted by Gasteiger charge is -2.25. The van der Waals surface area contributed by atoms with Crippen molar-refractivity contribution < 1.29 is 19.0 Å². The molecule has 0 saturated heterocycles. The van der Waals surface area contributed by atoms with Gasteiger partial charge in [-0.25, -0.2) is 0 Å². The summed E-state index contributed by atoms with van der Waals surface area (Å²) in [7, 11) is 0. The molecule has 5 heteroatoms. The maximum absolute atomic E-state index is 12.5. The number of hydrogen-bond donors (Lipinski definition) is 0. The minimum atomic E-state index is -0.295. The number of carbonyl (C=O) groups excluding carboxylic acids is 1. The molecule has 0 aliphatic rings. The van der Waals surface area contributed by atoms with E-state index in [4.69, 9.17) is 14.2 Å². The molecule has 0 heterocycles. The lowest BCUT2D eigenvalue weighted by molar-refractivity contribution is -0.151. The van der Waals surface area contributed by atoms with Crippen LogP contribution in [0.25, 0.3) is 0 Å². The first-order valence-electron chi connectivity index (χ1n) is 19.8. The molecule has 0 bridgehead atoms. The molecule has 5 nitrogen and oxygen atoms in total. The van der Waals surface area contributed by atoms with Gasteiger partial charge in [0.05, 0.1) is 6.61 Å². The monoisotopic (exact) mass is 646 g/mol. The van der Waals surface area contributed by atoms with Crippen LogP contribution in [-0.2, 0) is 16.0 Å². The molecule has 0 aromatic heterocycles. The summed E-state index contributed by atoms with van der Waals surface area (Å²) in [4.78, 5) is 14.8. The summed E-state index contributed by atoms with van der Waals surface area (Å²) in [5.74, 6) is 2.17. The number of likely N-dealkylation sites (N-methyl/N-ethyl adjacent to an activating group) is 1. The fraction of sp³-hybridized carbons (Fsp3) is 0.829. The lowest BCUT2D eigenvalue weighted by Crippen LogP contribution is -2.38. The van der Waals surface area contributed by atoms with E-state index in [2.05, 4.69) is 58.6 Å². The fourth-order valence-electron chi connectivity index (χ4n) is 6.05. The smallest absolute Gasteiger partial charge is 0.306 e. The summed E-state index contributed by atoms with van der Waals surface area (Å²) < 4.78 is 18.7. The Labute approximate surface area is 285 Å². The van der Waals surface area contributed by atoms with Crippen LogP contribution < -0.4 is 9.47 Å². The SMILES string of the molecule is CCCCCCCCCCCCCCCc1cc(OCC(CC)CCCC)cc(OCC(CN(CC)CC)OC(=O)CCCC)c1. The average Bonchev–Trinajstić information content (AvgIpc) is 3.07. The topological polar surface area (TPSA) is 48.0 Å². The predicted molar refractivity (Wildman–Crippen MR) is 197 cm³/mol. The van der Waals surface area contributed by atoms with Crippen molar-refractivity contribution in [3.63, 3.8) is 0 Å². The van der Waals surface area contributed by atoms with Gasteiger partial charge in [-0.05, 0) is 62.4 Å². The lowest BCUT2D eigenvalue weighted by atomic mass is 10.0. The van der Waals surface area contributed by atoms with Crippen LogP contribution >= 0.6 is 0 Å². The van der Waals surface area contributed by atoms with Gasteiger partial charge in [0.2, 0.25) is 0 Å². The summed E-state index contributed by atoms with van der Waals surface area (Å²) in [6.45, 7) is 16.8. The molecule has 0 amide bonds. The Morgan fingerprint density at radius 1 is 0.630 bits per heavy atom. The molecule has 46 heavy (non-hydrogen) atoms. The standard InChI is InChI=1S/C41H75NO4/c1-7-13-16-17-18-19-20-21-22-23-24-25-26-28-37-30-38(44-34-36(10-4)27-14-8-2)32-39(31-37)45-35-40(33-42(11-5)12-6)46-41(43)29-15-9-3/h30-32,36,40H,7-29,33-35H2,1-6H3. The molecule has 0 aliphatic carbocycles. The van der Waals surface area contributed by atoms with E-state index in [1.54, 1.807) is 0 Å². The normalized spacial score (nSPS) is 12.8. The second-order valence-electron chi connectivity index (χ2n) is 13.5. The van der Waals surface area contributed by atoms with E-state index >= 15 is 0 Å². The van der Waals surface area contributed by atoms with Gasteiger partial charge in [-0.15, -0.1) is 0 Å². The van der Waals surface area contributed by atoms with Gasteiger partial charge in [0.1, 0.15) is 24.2 Å². The summed E-state index contributed by atoms with van der Waals surface area (Å²) in [5, 5.41) is 0. The molecule has 268 valence electrons. The molecule has 0 spiro atoms. The zero-order valence-electron chi connectivity index (χ0n) is 31.4. The Morgan fingerprint density at radius 3 is 1.67 bits per heavy atom. The molecular weight excluding hydrogens is 570 g/mol. The van der Waals surface area contributed by atoms with Crippen molar-refractivity contribution in [2.75, 3.05) is 32.8 Å². The van der Waals surface area contributed by atoms with E-state index in [0.29, 0.717) is 25.5 Å². The summed E-state index contributed by atoms with van der Waals surface area (Å²) in [6, 6.07) is 6.43. The van der Waals surface area contributed by atoms with E-state index in [1.165, 1.54) is 108 Å². The van der Waals surface area contributed by atoms with Crippen molar-refractivity contribution in [1.29, 1.82) is 0 Å². The third kappa shape index (κ3) is 21.9.